The van der Waals surface area contributed by atoms with Gasteiger partial charge in [0.25, 0.3) is 0 Å². The third-order valence-corrected chi connectivity index (χ3v) is 3.29. The van der Waals surface area contributed by atoms with Crippen molar-refractivity contribution in [3.63, 3.8) is 0 Å². The molecule has 0 unspecified atom stereocenters. The van der Waals surface area contributed by atoms with Crippen LogP contribution in [0, 0.1) is 5.82 Å². The van der Waals surface area contributed by atoms with E-state index < -0.39 is 5.97 Å². The van der Waals surface area contributed by atoms with Crippen LogP contribution in [0.15, 0.2) is 35.7 Å². The average Bonchev–Trinajstić information content (AvgIpc) is 2.87. The quantitative estimate of drug-likeness (QED) is 0.832. The second-order valence-corrected chi connectivity index (χ2v) is 4.83. The van der Waals surface area contributed by atoms with Crippen molar-refractivity contribution in [3.8, 4) is 5.75 Å². The smallest absolute Gasteiger partial charge is 0.328 e. The molecule has 1 aromatic carbocycles. The molecule has 2 aromatic rings. The van der Waals surface area contributed by atoms with Gasteiger partial charge < -0.3 is 9.84 Å². The summed E-state index contributed by atoms with van der Waals surface area (Å²) in [6.45, 7) is 0.432. The maximum Gasteiger partial charge on any atom is 0.328 e. The number of aromatic nitrogens is 1. The van der Waals surface area contributed by atoms with Crippen LogP contribution in [0.4, 0.5) is 4.39 Å². The molecule has 0 saturated heterocycles. The highest BCUT2D eigenvalue weighted by Gasteiger charge is 2.01. The van der Waals surface area contributed by atoms with Crippen molar-refractivity contribution in [2.24, 2.45) is 0 Å². The number of rotatable bonds is 6. The lowest BCUT2D eigenvalue weighted by molar-refractivity contribution is -0.131. The van der Waals surface area contributed by atoms with Gasteiger partial charge in [0.1, 0.15) is 11.6 Å². The Hall–Kier alpha value is -2.21. The minimum absolute atomic E-state index is 0.299. The molecule has 0 atom stereocenters. The standard InChI is InChI=1S/C14H12FNO3S/c15-10-1-4-12(5-2-10)19-8-7-13-16-11(9-20-13)3-6-14(17)18/h1-6,9H,7-8H2,(H,17,18)/b6-3+. The highest BCUT2D eigenvalue weighted by atomic mass is 32.1. The fourth-order valence-corrected chi connectivity index (χ4v) is 2.21. The van der Waals surface area contributed by atoms with Crippen LogP contribution in [0.1, 0.15) is 10.7 Å². The van der Waals surface area contributed by atoms with Crippen LogP contribution in [0.2, 0.25) is 0 Å². The summed E-state index contributed by atoms with van der Waals surface area (Å²) in [7, 11) is 0. The van der Waals surface area contributed by atoms with E-state index in [0.29, 0.717) is 24.5 Å². The predicted octanol–water partition coefficient (Wildman–Crippen LogP) is 3.00. The molecule has 1 heterocycles. The highest BCUT2D eigenvalue weighted by molar-refractivity contribution is 7.09. The maximum atomic E-state index is 12.7. The summed E-state index contributed by atoms with van der Waals surface area (Å²) in [5.41, 5.74) is 0.620. The van der Waals surface area contributed by atoms with Gasteiger partial charge in [-0.3, -0.25) is 0 Å². The van der Waals surface area contributed by atoms with Crippen LogP contribution in [0.5, 0.6) is 5.75 Å². The molecule has 1 N–H and O–H groups in total. The molecule has 0 aliphatic heterocycles. The molecule has 4 nitrogen and oxygen atoms in total. The molecular weight excluding hydrogens is 281 g/mol. The molecule has 0 spiro atoms. The predicted molar refractivity (Wildman–Crippen MR) is 74.4 cm³/mol. The first-order valence-corrected chi connectivity index (χ1v) is 6.75. The van der Waals surface area contributed by atoms with Gasteiger partial charge in [0.2, 0.25) is 0 Å². The van der Waals surface area contributed by atoms with Crippen molar-refractivity contribution in [1.82, 2.24) is 4.98 Å². The molecule has 0 fully saturated rings. The number of hydrogen-bond acceptors (Lipinski definition) is 4. The lowest BCUT2D eigenvalue weighted by atomic mass is 10.3. The number of carboxylic acid groups (broad SMARTS) is 1. The van der Waals surface area contributed by atoms with Crippen molar-refractivity contribution in [2.45, 2.75) is 6.42 Å². The zero-order valence-electron chi connectivity index (χ0n) is 10.5. The first-order chi connectivity index (χ1) is 9.63. The van der Waals surface area contributed by atoms with E-state index in [9.17, 15) is 9.18 Å². The SMILES string of the molecule is O=C(O)/C=C/c1csc(CCOc2ccc(F)cc2)n1. The molecular formula is C14H12FNO3S. The number of carboxylic acids is 1. The summed E-state index contributed by atoms with van der Waals surface area (Å²) in [6, 6.07) is 5.82. The molecule has 0 aliphatic carbocycles. The van der Waals surface area contributed by atoms with Gasteiger partial charge in [0.05, 0.1) is 17.3 Å². The maximum absolute atomic E-state index is 12.7. The second kappa shape index (κ2) is 6.81. The molecule has 0 amide bonds. The molecule has 0 aliphatic rings. The lowest BCUT2D eigenvalue weighted by Gasteiger charge is -2.04. The zero-order chi connectivity index (χ0) is 14.4. The lowest BCUT2D eigenvalue weighted by Crippen LogP contribution is -2.01. The Morgan fingerprint density at radius 2 is 2.15 bits per heavy atom. The molecule has 2 rings (SSSR count). The molecule has 0 bridgehead atoms. The molecule has 20 heavy (non-hydrogen) atoms. The number of halogens is 1. The summed E-state index contributed by atoms with van der Waals surface area (Å²) in [6.07, 6.45) is 3.11. The first kappa shape index (κ1) is 14.2. The van der Waals surface area contributed by atoms with Gasteiger partial charge in [-0.15, -0.1) is 11.3 Å². The van der Waals surface area contributed by atoms with Crippen LogP contribution < -0.4 is 4.74 Å². The molecule has 1 aromatic heterocycles. The van der Waals surface area contributed by atoms with E-state index in [0.717, 1.165) is 11.1 Å². The third kappa shape index (κ3) is 4.47. The Labute approximate surface area is 119 Å². The first-order valence-electron chi connectivity index (χ1n) is 5.87. The zero-order valence-corrected chi connectivity index (χ0v) is 11.3. The normalized spacial score (nSPS) is 10.8. The number of aliphatic carboxylic acids is 1. The number of benzene rings is 1. The number of ether oxygens (including phenoxy) is 1. The molecule has 6 heteroatoms. The van der Waals surface area contributed by atoms with Crippen LogP contribution >= 0.6 is 11.3 Å². The van der Waals surface area contributed by atoms with E-state index in [2.05, 4.69) is 4.98 Å². The van der Waals surface area contributed by atoms with E-state index in [4.69, 9.17) is 9.84 Å². The van der Waals surface area contributed by atoms with Crippen LogP contribution in [-0.4, -0.2) is 22.7 Å². The van der Waals surface area contributed by atoms with E-state index >= 15 is 0 Å². The van der Waals surface area contributed by atoms with E-state index in [1.165, 1.54) is 29.5 Å². The number of carbonyl (C=O) groups is 1. The van der Waals surface area contributed by atoms with Gasteiger partial charge in [0, 0.05) is 17.9 Å². The number of hydrogen-bond donors (Lipinski definition) is 1. The van der Waals surface area contributed by atoms with Crippen molar-refractivity contribution in [2.75, 3.05) is 6.61 Å². The van der Waals surface area contributed by atoms with E-state index in [-0.39, 0.29) is 5.82 Å². The Morgan fingerprint density at radius 3 is 2.85 bits per heavy atom. The van der Waals surface area contributed by atoms with Crippen molar-refractivity contribution in [1.29, 1.82) is 0 Å². The summed E-state index contributed by atoms with van der Waals surface area (Å²) in [4.78, 5) is 14.6. The number of nitrogens with zero attached hydrogens (tertiary/aromatic N) is 1. The van der Waals surface area contributed by atoms with Crippen molar-refractivity contribution >= 4 is 23.4 Å². The fraction of sp³-hybridized carbons (Fsp3) is 0.143. The Kier molecular flexibility index (Phi) is 4.84. The van der Waals surface area contributed by atoms with Crippen molar-refractivity contribution in [3.05, 3.63) is 52.2 Å². The Balaban J connectivity index is 1.82. The average molecular weight is 293 g/mol. The highest BCUT2D eigenvalue weighted by Crippen LogP contribution is 2.14. The minimum Gasteiger partial charge on any atom is -0.493 e. The molecule has 0 radical (unpaired) electrons. The van der Waals surface area contributed by atoms with Gasteiger partial charge in [-0.2, -0.15) is 0 Å². The topological polar surface area (TPSA) is 59.4 Å². The fourth-order valence-electron chi connectivity index (χ4n) is 1.46. The second-order valence-electron chi connectivity index (χ2n) is 3.89. The largest absolute Gasteiger partial charge is 0.493 e. The third-order valence-electron chi connectivity index (χ3n) is 2.36. The minimum atomic E-state index is -1.00. The van der Waals surface area contributed by atoms with Gasteiger partial charge >= 0.3 is 5.97 Å². The van der Waals surface area contributed by atoms with Gasteiger partial charge in [-0.25, -0.2) is 14.2 Å². The summed E-state index contributed by atoms with van der Waals surface area (Å²) < 4.78 is 18.2. The summed E-state index contributed by atoms with van der Waals surface area (Å²) in [5, 5.41) is 11.2. The molecule has 0 saturated carbocycles. The van der Waals surface area contributed by atoms with Crippen LogP contribution in [0.3, 0.4) is 0 Å². The van der Waals surface area contributed by atoms with Gasteiger partial charge in [-0.1, -0.05) is 0 Å². The Bertz CT molecular complexity index is 607. The Morgan fingerprint density at radius 1 is 1.40 bits per heavy atom. The van der Waals surface area contributed by atoms with Crippen LogP contribution in [-0.2, 0) is 11.2 Å². The van der Waals surface area contributed by atoms with Gasteiger partial charge in [0.15, 0.2) is 0 Å². The monoisotopic (exact) mass is 293 g/mol. The van der Waals surface area contributed by atoms with E-state index in [1.54, 1.807) is 17.5 Å². The molecule has 104 valence electrons. The van der Waals surface area contributed by atoms with E-state index in [1.807, 2.05) is 0 Å². The number of thiazole rings is 1. The summed E-state index contributed by atoms with van der Waals surface area (Å²) in [5.74, 6) is -0.694. The summed E-state index contributed by atoms with van der Waals surface area (Å²) >= 11 is 1.44. The van der Waals surface area contributed by atoms with Gasteiger partial charge in [-0.05, 0) is 30.3 Å². The van der Waals surface area contributed by atoms with Crippen LogP contribution in [0.25, 0.3) is 6.08 Å². The van der Waals surface area contributed by atoms with Crippen molar-refractivity contribution < 1.29 is 19.0 Å².